The van der Waals surface area contributed by atoms with Crippen LogP contribution in [0.3, 0.4) is 0 Å². The Kier molecular flexibility index (Phi) is 5.16. The third-order valence-corrected chi connectivity index (χ3v) is 8.72. The summed E-state index contributed by atoms with van der Waals surface area (Å²) < 4.78 is 2.10. The van der Waals surface area contributed by atoms with Gasteiger partial charge in [0.25, 0.3) is 0 Å². The molecule has 3 aromatic heterocycles. The number of nitrogens with two attached hydrogens (primary N) is 1. The molecule has 8 rings (SSSR count). The number of nitrogens with one attached hydrogen (secondary N) is 1. The molecule has 0 amide bonds. The van der Waals surface area contributed by atoms with Crippen molar-refractivity contribution in [1.29, 1.82) is 0 Å². The summed E-state index contributed by atoms with van der Waals surface area (Å²) in [5.74, 6) is 1.03. The number of anilines is 2. The summed E-state index contributed by atoms with van der Waals surface area (Å²) in [6.45, 7) is 5.78. The Hall–Kier alpha value is -4.43. The van der Waals surface area contributed by atoms with Crippen LogP contribution in [-0.4, -0.2) is 43.2 Å². The lowest BCUT2D eigenvalue weighted by molar-refractivity contribution is 0.259. The van der Waals surface area contributed by atoms with Crippen molar-refractivity contribution in [3.63, 3.8) is 0 Å². The zero-order chi connectivity index (χ0) is 27.0. The molecule has 0 bridgehead atoms. The molecule has 40 heavy (non-hydrogen) atoms. The van der Waals surface area contributed by atoms with E-state index in [4.69, 9.17) is 10.7 Å². The molecular formula is C32H32N8. The standard InChI is InChI=1S/C32H32N8/c1-19-24(4-3-5-28(19)39-11-10-22-14-21(20-6-7-20)8-9-23(22)17-39)30-25-15-27(35-31(25)37-32(33)36-30)26-16-34-40-13-12-38(2)18-29(26)40/h3-5,8-11,14-16,20H,6-7,12-13,17-18H2,1-2H3,(H3,33,35,36,37). The summed E-state index contributed by atoms with van der Waals surface area (Å²) >= 11 is 0. The monoisotopic (exact) mass is 528 g/mol. The smallest absolute Gasteiger partial charge is 0.222 e. The zero-order valence-corrected chi connectivity index (χ0v) is 22.9. The summed E-state index contributed by atoms with van der Waals surface area (Å²) in [7, 11) is 2.15. The van der Waals surface area contributed by atoms with E-state index < -0.39 is 0 Å². The number of aromatic amines is 1. The Morgan fingerprint density at radius 1 is 1.00 bits per heavy atom. The van der Waals surface area contributed by atoms with E-state index in [1.54, 1.807) is 0 Å². The van der Waals surface area contributed by atoms with Crippen molar-refractivity contribution < 1.29 is 0 Å². The minimum absolute atomic E-state index is 0.260. The van der Waals surface area contributed by atoms with E-state index >= 15 is 0 Å². The molecule has 3 aliphatic rings. The molecule has 0 spiro atoms. The summed E-state index contributed by atoms with van der Waals surface area (Å²) in [5.41, 5.74) is 18.7. The highest BCUT2D eigenvalue weighted by Gasteiger charge is 2.25. The lowest BCUT2D eigenvalue weighted by Crippen LogP contribution is -2.30. The highest BCUT2D eigenvalue weighted by Crippen LogP contribution is 2.42. The van der Waals surface area contributed by atoms with Crippen LogP contribution in [0.15, 0.2) is 54.9 Å². The van der Waals surface area contributed by atoms with Gasteiger partial charge < -0.3 is 15.6 Å². The van der Waals surface area contributed by atoms with Crippen LogP contribution in [0.25, 0.3) is 39.6 Å². The van der Waals surface area contributed by atoms with E-state index in [1.165, 1.54) is 40.9 Å². The van der Waals surface area contributed by atoms with Gasteiger partial charge in [-0.25, -0.2) is 4.98 Å². The Labute approximate surface area is 233 Å². The minimum Gasteiger partial charge on any atom is -0.368 e. The van der Waals surface area contributed by atoms with Crippen molar-refractivity contribution in [3.8, 4) is 22.5 Å². The molecule has 5 heterocycles. The van der Waals surface area contributed by atoms with E-state index in [2.05, 4.69) is 98.3 Å². The molecule has 0 saturated heterocycles. The molecule has 2 aliphatic heterocycles. The van der Waals surface area contributed by atoms with Crippen LogP contribution in [-0.2, 0) is 19.6 Å². The first-order chi connectivity index (χ1) is 19.5. The van der Waals surface area contributed by atoms with Crippen molar-refractivity contribution in [2.24, 2.45) is 0 Å². The molecule has 200 valence electrons. The van der Waals surface area contributed by atoms with Gasteiger partial charge >= 0.3 is 0 Å². The van der Waals surface area contributed by atoms with Crippen molar-refractivity contribution in [2.75, 3.05) is 24.2 Å². The fourth-order valence-electron chi connectivity index (χ4n) is 6.32. The molecule has 3 N–H and O–H groups in total. The first kappa shape index (κ1) is 23.5. The zero-order valence-electron chi connectivity index (χ0n) is 22.9. The molecule has 2 aromatic carbocycles. The maximum atomic E-state index is 6.25. The number of nitrogen functional groups attached to an aromatic ring is 1. The molecule has 0 unspecified atom stereocenters. The first-order valence-corrected chi connectivity index (χ1v) is 14.1. The van der Waals surface area contributed by atoms with Gasteiger partial charge in [0.15, 0.2) is 0 Å². The van der Waals surface area contributed by atoms with E-state index in [1.807, 2.05) is 6.20 Å². The van der Waals surface area contributed by atoms with Crippen LogP contribution >= 0.6 is 0 Å². The van der Waals surface area contributed by atoms with Crippen LogP contribution < -0.4 is 10.6 Å². The van der Waals surface area contributed by atoms with Gasteiger partial charge in [-0.15, -0.1) is 0 Å². The highest BCUT2D eigenvalue weighted by atomic mass is 15.3. The van der Waals surface area contributed by atoms with Crippen LogP contribution in [0.5, 0.6) is 0 Å². The number of fused-ring (bicyclic) bond motifs is 3. The number of H-pyrrole nitrogens is 1. The SMILES string of the molecule is Cc1c(-c2nc(N)nc3[nH]c(-c4cnn5c4CN(C)CC5)cc23)cccc1N1C=Cc2cc(C3CC3)ccc2C1. The first-order valence-electron chi connectivity index (χ1n) is 14.1. The number of benzene rings is 2. The van der Waals surface area contributed by atoms with Gasteiger partial charge in [-0.2, -0.15) is 10.1 Å². The van der Waals surface area contributed by atoms with E-state index in [0.717, 1.165) is 71.2 Å². The van der Waals surface area contributed by atoms with Crippen LogP contribution in [0.1, 0.15) is 46.7 Å². The number of hydrogen-bond donors (Lipinski definition) is 2. The predicted molar refractivity (Wildman–Crippen MR) is 160 cm³/mol. The van der Waals surface area contributed by atoms with Gasteiger partial charge in [-0.05, 0) is 73.2 Å². The third-order valence-electron chi connectivity index (χ3n) is 8.72. The molecular weight excluding hydrogens is 496 g/mol. The van der Waals surface area contributed by atoms with Crippen LogP contribution in [0, 0.1) is 6.92 Å². The molecule has 1 saturated carbocycles. The molecule has 1 fully saturated rings. The van der Waals surface area contributed by atoms with Crippen molar-refractivity contribution in [3.05, 3.63) is 82.8 Å². The molecule has 0 radical (unpaired) electrons. The lowest BCUT2D eigenvalue weighted by atomic mass is 9.97. The molecule has 8 nitrogen and oxygen atoms in total. The second kappa shape index (κ2) is 8.79. The highest BCUT2D eigenvalue weighted by molar-refractivity contribution is 5.96. The average molecular weight is 529 g/mol. The number of hydrogen-bond acceptors (Lipinski definition) is 6. The normalized spacial score (nSPS) is 16.9. The number of likely N-dealkylation sites (N-methyl/N-ethyl adjacent to an activating group) is 1. The van der Waals surface area contributed by atoms with E-state index in [9.17, 15) is 0 Å². The fraction of sp³-hybridized carbons (Fsp3) is 0.281. The average Bonchev–Trinajstić information content (AvgIpc) is 3.60. The Morgan fingerprint density at radius 2 is 1.90 bits per heavy atom. The largest absolute Gasteiger partial charge is 0.368 e. The Morgan fingerprint density at radius 3 is 2.77 bits per heavy atom. The van der Waals surface area contributed by atoms with Crippen LogP contribution in [0.4, 0.5) is 11.6 Å². The van der Waals surface area contributed by atoms with Gasteiger partial charge in [0.05, 0.1) is 29.8 Å². The van der Waals surface area contributed by atoms with Gasteiger partial charge in [0, 0.05) is 48.0 Å². The maximum absolute atomic E-state index is 6.25. The predicted octanol–water partition coefficient (Wildman–Crippen LogP) is 5.69. The van der Waals surface area contributed by atoms with Crippen molar-refractivity contribution >= 4 is 28.7 Å². The Balaban J connectivity index is 1.18. The van der Waals surface area contributed by atoms with Gasteiger partial charge in [-0.3, -0.25) is 9.58 Å². The summed E-state index contributed by atoms with van der Waals surface area (Å²) in [5, 5.41) is 5.60. The minimum atomic E-state index is 0.260. The van der Waals surface area contributed by atoms with Gasteiger partial charge in [0.1, 0.15) is 5.65 Å². The van der Waals surface area contributed by atoms with Crippen LogP contribution in [0.2, 0.25) is 0 Å². The quantitative estimate of drug-likeness (QED) is 0.311. The fourth-order valence-corrected chi connectivity index (χ4v) is 6.32. The molecule has 0 atom stereocenters. The second-order valence-electron chi connectivity index (χ2n) is 11.5. The lowest BCUT2D eigenvalue weighted by Gasteiger charge is -2.28. The second-order valence-corrected chi connectivity index (χ2v) is 11.5. The topological polar surface area (TPSA) is 91.9 Å². The summed E-state index contributed by atoms with van der Waals surface area (Å²) in [6, 6.07) is 15.6. The van der Waals surface area contributed by atoms with Crippen molar-refractivity contribution in [2.45, 2.75) is 45.3 Å². The maximum Gasteiger partial charge on any atom is 0.222 e. The number of rotatable bonds is 4. The van der Waals surface area contributed by atoms with Gasteiger partial charge in [0.2, 0.25) is 5.95 Å². The third kappa shape index (κ3) is 3.82. The van der Waals surface area contributed by atoms with Crippen molar-refractivity contribution in [1.82, 2.24) is 29.6 Å². The molecule has 5 aromatic rings. The number of aromatic nitrogens is 5. The van der Waals surface area contributed by atoms with E-state index in [0.29, 0.717) is 0 Å². The Bertz CT molecular complexity index is 1820. The van der Waals surface area contributed by atoms with Gasteiger partial charge in [-0.1, -0.05) is 30.3 Å². The number of nitrogens with zero attached hydrogens (tertiary/aromatic N) is 6. The molecule has 1 aliphatic carbocycles. The summed E-state index contributed by atoms with van der Waals surface area (Å²) in [4.78, 5) is 17.5. The molecule has 8 heteroatoms. The van der Waals surface area contributed by atoms with E-state index in [-0.39, 0.29) is 5.95 Å². The summed E-state index contributed by atoms with van der Waals surface area (Å²) in [6.07, 6.45) is 9.07.